The van der Waals surface area contributed by atoms with Crippen LogP contribution in [0.15, 0.2) is 48.5 Å². The van der Waals surface area contributed by atoms with E-state index in [0.717, 1.165) is 0 Å². The van der Waals surface area contributed by atoms with Gasteiger partial charge in [-0.15, -0.1) is 0 Å². The fourth-order valence-electron chi connectivity index (χ4n) is 3.94. The molecule has 0 saturated carbocycles. The Morgan fingerprint density at radius 1 is 1.08 bits per heavy atom. The van der Waals surface area contributed by atoms with Gasteiger partial charge in [0.25, 0.3) is 5.91 Å². The normalized spacial score (nSPS) is 17.4. The van der Waals surface area contributed by atoms with Crippen LogP contribution in [0.5, 0.6) is 0 Å². The number of amides is 2. The van der Waals surface area contributed by atoms with Crippen LogP contribution in [-0.4, -0.2) is 67.9 Å². The van der Waals surface area contributed by atoms with Gasteiger partial charge in [-0.2, -0.15) is 9.59 Å². The van der Waals surface area contributed by atoms with Gasteiger partial charge in [0.2, 0.25) is 0 Å². The highest BCUT2D eigenvalue weighted by Crippen LogP contribution is 2.29. The number of hydroxylamine groups is 2. The summed E-state index contributed by atoms with van der Waals surface area (Å²) in [6.07, 6.45) is 0.0956. The fraction of sp³-hybridized carbons (Fsp3) is 0.360. The van der Waals surface area contributed by atoms with Crippen LogP contribution in [0.3, 0.4) is 0 Å². The van der Waals surface area contributed by atoms with Crippen molar-refractivity contribution in [3.63, 3.8) is 0 Å². The second-order valence-corrected chi connectivity index (χ2v) is 8.17. The minimum atomic E-state index is -0.547. The van der Waals surface area contributed by atoms with Crippen LogP contribution in [0.2, 0.25) is 0 Å². The van der Waals surface area contributed by atoms with Crippen molar-refractivity contribution in [2.24, 2.45) is 0 Å². The van der Waals surface area contributed by atoms with Gasteiger partial charge in [0.05, 0.1) is 31.1 Å². The first-order valence-electron chi connectivity index (χ1n) is 11.3. The number of halogens is 1. The van der Waals surface area contributed by atoms with Crippen molar-refractivity contribution in [1.29, 1.82) is 0 Å². The number of hydrogen-bond donors (Lipinski definition) is 0. The van der Waals surface area contributed by atoms with Crippen LogP contribution in [0, 0.1) is 5.82 Å². The second-order valence-electron chi connectivity index (χ2n) is 8.17. The standard InChI is InChI=1S/C24H26FN3O5.CO2/c1-17(29)7-9-20-16-27(24(31)33-20)19-8-10-22(21(25)15-19)26-11-12-28(32-14-13-26)23(30)18-5-3-2-4-6-18;2-1-3/h2-6,8,10,15,20H,7,9,11-14,16H2,1H3;/t20-;/m0./s1. The summed E-state index contributed by atoms with van der Waals surface area (Å²) in [6, 6.07) is 13.5. The summed E-state index contributed by atoms with van der Waals surface area (Å²) in [4.78, 5) is 61.1. The van der Waals surface area contributed by atoms with E-state index in [9.17, 15) is 14.4 Å². The number of carbonyl (C=O) groups excluding carboxylic acids is 5. The monoisotopic (exact) mass is 499 g/mol. The molecule has 0 N–H and O–H groups in total. The number of anilines is 2. The average molecular weight is 499 g/mol. The van der Waals surface area contributed by atoms with Crippen LogP contribution in [0.4, 0.5) is 20.6 Å². The molecule has 1 atom stereocenters. The number of ether oxygens (including phenoxy) is 1. The highest BCUT2D eigenvalue weighted by molar-refractivity contribution is 5.93. The lowest BCUT2D eigenvalue weighted by atomic mass is 10.1. The number of rotatable bonds is 6. The van der Waals surface area contributed by atoms with Crippen molar-refractivity contribution < 1.29 is 37.9 Å². The molecule has 36 heavy (non-hydrogen) atoms. The van der Waals surface area contributed by atoms with Crippen LogP contribution in [0.25, 0.3) is 0 Å². The first-order chi connectivity index (χ1) is 17.3. The zero-order valence-corrected chi connectivity index (χ0v) is 19.7. The Balaban J connectivity index is 0.00000115. The molecule has 2 saturated heterocycles. The molecule has 190 valence electrons. The summed E-state index contributed by atoms with van der Waals surface area (Å²) in [5.74, 6) is -0.680. The highest BCUT2D eigenvalue weighted by atomic mass is 19.1. The summed E-state index contributed by atoms with van der Waals surface area (Å²) < 4.78 is 20.3. The van der Waals surface area contributed by atoms with E-state index in [-0.39, 0.29) is 43.6 Å². The van der Waals surface area contributed by atoms with E-state index in [0.29, 0.717) is 42.9 Å². The molecule has 2 aromatic carbocycles. The van der Waals surface area contributed by atoms with Crippen molar-refractivity contribution in [3.05, 3.63) is 59.9 Å². The van der Waals surface area contributed by atoms with Crippen LogP contribution in [0.1, 0.15) is 30.1 Å². The third kappa shape index (κ3) is 6.74. The summed E-state index contributed by atoms with van der Waals surface area (Å²) in [5, 5.41) is 1.31. The molecular formula is C25H26FN3O7. The van der Waals surface area contributed by atoms with E-state index >= 15 is 4.39 Å². The van der Waals surface area contributed by atoms with Crippen LogP contribution >= 0.6 is 0 Å². The van der Waals surface area contributed by atoms with Crippen molar-refractivity contribution >= 4 is 35.3 Å². The minimum absolute atomic E-state index is 0.0327. The van der Waals surface area contributed by atoms with E-state index in [2.05, 4.69) is 0 Å². The molecule has 2 amide bonds. The van der Waals surface area contributed by atoms with Gasteiger partial charge in [0.1, 0.15) is 17.7 Å². The SMILES string of the molecule is CC(=O)CC[C@H]1CN(c2ccc(N3CCON(C(=O)c4ccccc4)CC3)c(F)c2)C(=O)O1.O=C=O. The molecule has 0 aliphatic carbocycles. The maximum atomic E-state index is 15.0. The van der Waals surface area contributed by atoms with Crippen LogP contribution in [-0.2, 0) is 24.0 Å². The molecule has 2 fully saturated rings. The van der Waals surface area contributed by atoms with E-state index in [1.54, 1.807) is 36.4 Å². The lowest BCUT2D eigenvalue weighted by molar-refractivity contribution is -0.191. The Labute approximate surface area is 207 Å². The van der Waals surface area contributed by atoms with Gasteiger partial charge in [-0.05, 0) is 43.7 Å². The third-order valence-electron chi connectivity index (χ3n) is 5.70. The Hall–Kier alpha value is -4.08. The molecule has 0 spiro atoms. The van der Waals surface area contributed by atoms with E-state index < -0.39 is 11.9 Å². The van der Waals surface area contributed by atoms with E-state index in [1.807, 2.05) is 11.0 Å². The van der Waals surface area contributed by atoms with Gasteiger partial charge in [-0.25, -0.2) is 14.2 Å². The molecule has 4 rings (SSSR count). The second kappa shape index (κ2) is 12.6. The number of ketones is 1. The molecule has 0 bridgehead atoms. The van der Waals surface area contributed by atoms with Gasteiger partial charge >= 0.3 is 12.2 Å². The quantitative estimate of drug-likeness (QED) is 0.596. The van der Waals surface area contributed by atoms with Gasteiger partial charge < -0.3 is 14.4 Å². The maximum Gasteiger partial charge on any atom is 0.414 e. The summed E-state index contributed by atoms with van der Waals surface area (Å²) >= 11 is 0. The molecule has 0 radical (unpaired) electrons. The largest absolute Gasteiger partial charge is 0.444 e. The Morgan fingerprint density at radius 3 is 2.47 bits per heavy atom. The Morgan fingerprint density at radius 2 is 1.81 bits per heavy atom. The van der Waals surface area contributed by atoms with E-state index in [1.165, 1.54) is 23.0 Å². The van der Waals surface area contributed by atoms with Gasteiger partial charge in [0, 0.05) is 25.1 Å². The maximum absolute atomic E-state index is 15.0. The average Bonchev–Trinajstić information content (AvgIpc) is 3.07. The third-order valence-corrected chi connectivity index (χ3v) is 5.70. The predicted octanol–water partition coefficient (Wildman–Crippen LogP) is 2.83. The lowest BCUT2D eigenvalue weighted by Crippen LogP contribution is -2.34. The van der Waals surface area contributed by atoms with Crippen molar-refractivity contribution in [2.75, 3.05) is 42.6 Å². The first kappa shape index (κ1) is 26.5. The summed E-state index contributed by atoms with van der Waals surface area (Å²) in [6.45, 7) is 3.09. The molecule has 11 heteroatoms. The van der Waals surface area contributed by atoms with Gasteiger partial charge in [0.15, 0.2) is 0 Å². The van der Waals surface area contributed by atoms with Crippen molar-refractivity contribution in [3.8, 4) is 0 Å². The number of benzene rings is 2. The Kier molecular flexibility index (Phi) is 9.26. The molecular weight excluding hydrogens is 473 g/mol. The molecule has 2 aliphatic rings. The molecule has 0 aromatic heterocycles. The van der Waals surface area contributed by atoms with Crippen LogP contribution < -0.4 is 9.80 Å². The molecule has 2 aromatic rings. The predicted molar refractivity (Wildman–Crippen MR) is 125 cm³/mol. The molecule has 0 unspecified atom stereocenters. The molecule has 10 nitrogen and oxygen atoms in total. The minimum Gasteiger partial charge on any atom is -0.444 e. The van der Waals surface area contributed by atoms with E-state index in [4.69, 9.17) is 19.2 Å². The number of cyclic esters (lactones) is 1. The zero-order valence-electron chi connectivity index (χ0n) is 19.7. The number of hydrogen-bond acceptors (Lipinski definition) is 8. The van der Waals surface area contributed by atoms with Gasteiger partial charge in [-0.3, -0.25) is 14.5 Å². The zero-order chi connectivity index (χ0) is 26.1. The fourth-order valence-corrected chi connectivity index (χ4v) is 3.94. The number of carbonyl (C=O) groups is 3. The number of nitrogens with zero attached hydrogens (tertiary/aromatic N) is 3. The Bertz CT molecular complexity index is 1120. The van der Waals surface area contributed by atoms with Crippen molar-refractivity contribution in [1.82, 2.24) is 5.06 Å². The smallest absolute Gasteiger partial charge is 0.414 e. The number of Topliss-reactive ketones (excluding diaryl/α,β-unsaturated/α-hetero) is 1. The summed E-state index contributed by atoms with van der Waals surface area (Å²) in [5.41, 5.74) is 1.30. The molecule has 2 heterocycles. The first-order valence-corrected chi connectivity index (χ1v) is 11.3. The van der Waals surface area contributed by atoms with Gasteiger partial charge in [-0.1, -0.05) is 18.2 Å². The highest BCUT2D eigenvalue weighted by Gasteiger charge is 2.33. The van der Waals surface area contributed by atoms with Crippen molar-refractivity contribution in [2.45, 2.75) is 25.9 Å². The summed E-state index contributed by atoms with van der Waals surface area (Å²) in [7, 11) is 0. The topological polar surface area (TPSA) is 114 Å². The molecule has 2 aliphatic heterocycles. The lowest BCUT2D eigenvalue weighted by Gasteiger charge is -2.24.